The van der Waals surface area contributed by atoms with E-state index in [2.05, 4.69) is 116 Å². The third-order valence-corrected chi connectivity index (χ3v) is 16.3. The van der Waals surface area contributed by atoms with Gasteiger partial charge in [0.2, 0.25) is 5.91 Å². The summed E-state index contributed by atoms with van der Waals surface area (Å²) < 4.78 is 11.3. The van der Waals surface area contributed by atoms with Gasteiger partial charge in [0.1, 0.15) is 24.4 Å². The standard InChI is InChI=1S/C76H133NO8/c1-3-5-7-9-11-13-15-17-19-21-23-25-27-29-31-32-33-34-35-36-37-38-40-42-44-46-48-50-52-54-56-58-60-62-64-66-72(80)77-69(68-84-76-75(83)74(82)73(81)71(67-78)85-76)70(79)65-63-61-59-57-55-53-51-49-47-45-43-41-39-30-28-26-24-22-20-18-16-14-12-10-8-6-4-2/h5,7,11,13,17,19,23,25,29,31,33-34,47,49,55,57,63,65,69-71,73-76,78-79,81-83H,3-4,6,8-10,12,14-16,18,20-22,24,26-28,30,32,35-46,48,50-54,56,58-62,64,66-68H2,1-2H3,(H,77,80)/b7-5-,13-11-,19-17-,25-23-,31-29-,34-33-,49-47+,57-55+,65-63+. The summed E-state index contributed by atoms with van der Waals surface area (Å²) in [6.45, 7) is 3.67. The Morgan fingerprint density at radius 3 is 1.13 bits per heavy atom. The largest absolute Gasteiger partial charge is 0.394 e. The summed E-state index contributed by atoms with van der Waals surface area (Å²) in [6.07, 6.45) is 87.7. The minimum Gasteiger partial charge on any atom is -0.394 e. The zero-order chi connectivity index (χ0) is 61.4. The molecule has 1 heterocycles. The molecule has 7 unspecified atom stereocenters. The summed E-state index contributed by atoms with van der Waals surface area (Å²) in [5.74, 6) is -0.191. The summed E-state index contributed by atoms with van der Waals surface area (Å²) in [4.78, 5) is 13.1. The highest BCUT2D eigenvalue weighted by Crippen LogP contribution is 2.23. The maximum atomic E-state index is 13.1. The van der Waals surface area contributed by atoms with Crippen molar-refractivity contribution in [1.82, 2.24) is 5.32 Å². The molecule has 6 N–H and O–H groups in total. The Balaban J connectivity index is 2.16. The summed E-state index contributed by atoms with van der Waals surface area (Å²) in [6, 6.07) is -0.836. The molecule has 1 aliphatic rings. The average Bonchev–Trinajstić information content (AvgIpc) is 3.71. The highest BCUT2D eigenvalue weighted by molar-refractivity contribution is 5.76. The molecule has 0 aromatic rings. The molecule has 9 nitrogen and oxygen atoms in total. The Kier molecular flexibility index (Phi) is 60.0. The van der Waals surface area contributed by atoms with E-state index in [0.717, 1.165) is 83.5 Å². The fourth-order valence-corrected chi connectivity index (χ4v) is 10.8. The second-order valence-corrected chi connectivity index (χ2v) is 24.3. The number of hydrogen-bond acceptors (Lipinski definition) is 8. The number of unbranched alkanes of at least 4 members (excludes halogenated alkanes) is 35. The summed E-state index contributed by atoms with van der Waals surface area (Å²) in [5.41, 5.74) is 0. The van der Waals surface area contributed by atoms with E-state index in [0.29, 0.717) is 6.42 Å². The second kappa shape index (κ2) is 63.9. The van der Waals surface area contributed by atoms with Crippen LogP contribution in [0.2, 0.25) is 0 Å². The van der Waals surface area contributed by atoms with Crippen LogP contribution in [0.25, 0.3) is 0 Å². The number of ether oxygens (including phenoxy) is 2. The fourth-order valence-electron chi connectivity index (χ4n) is 10.8. The lowest BCUT2D eigenvalue weighted by molar-refractivity contribution is -0.302. The van der Waals surface area contributed by atoms with Crippen molar-refractivity contribution >= 4 is 5.91 Å². The molecular weight excluding hydrogens is 1050 g/mol. The van der Waals surface area contributed by atoms with Crippen LogP contribution in [0.4, 0.5) is 0 Å². The van der Waals surface area contributed by atoms with Crippen LogP contribution in [0.1, 0.15) is 309 Å². The molecule has 9 heteroatoms. The SMILES string of the molecule is CC/C=C\C/C=C\C/C=C\C/C=C\C/C=C\C/C=C\CCCCCCCCCCCCCCCCCCC(=O)NC(COC1OC(CO)C(O)C(O)C1O)C(O)/C=C/CC/C=C/CC/C=C/CCCCCCCCCCCCCCCCCCC. The van der Waals surface area contributed by atoms with Gasteiger partial charge in [-0.3, -0.25) is 4.79 Å². The van der Waals surface area contributed by atoms with Crippen LogP contribution in [-0.2, 0) is 14.3 Å². The lowest BCUT2D eigenvalue weighted by Crippen LogP contribution is -2.60. The molecule has 85 heavy (non-hydrogen) atoms. The lowest BCUT2D eigenvalue weighted by Gasteiger charge is -2.40. The first-order valence-electron chi connectivity index (χ1n) is 35.6. The van der Waals surface area contributed by atoms with Gasteiger partial charge in [-0.05, 0) is 96.3 Å². The van der Waals surface area contributed by atoms with Crippen LogP contribution >= 0.6 is 0 Å². The Morgan fingerprint density at radius 1 is 0.412 bits per heavy atom. The van der Waals surface area contributed by atoms with Gasteiger partial charge < -0.3 is 40.3 Å². The topological polar surface area (TPSA) is 149 Å². The van der Waals surface area contributed by atoms with Crippen LogP contribution < -0.4 is 5.32 Å². The van der Waals surface area contributed by atoms with Crippen LogP contribution in [0.5, 0.6) is 0 Å². The highest BCUT2D eigenvalue weighted by Gasteiger charge is 2.44. The monoisotopic (exact) mass is 1190 g/mol. The molecule has 1 saturated heterocycles. The minimum atomic E-state index is -1.58. The zero-order valence-corrected chi connectivity index (χ0v) is 54.8. The molecule has 0 aromatic heterocycles. The van der Waals surface area contributed by atoms with Crippen molar-refractivity contribution in [3.63, 3.8) is 0 Å². The quantitative estimate of drug-likeness (QED) is 0.0261. The van der Waals surface area contributed by atoms with Crippen molar-refractivity contribution in [3.05, 3.63) is 109 Å². The molecule has 7 atom stereocenters. The summed E-state index contributed by atoms with van der Waals surface area (Å²) >= 11 is 0. The molecule has 1 amide bonds. The second-order valence-electron chi connectivity index (χ2n) is 24.3. The van der Waals surface area contributed by atoms with E-state index in [4.69, 9.17) is 9.47 Å². The van der Waals surface area contributed by atoms with Crippen molar-refractivity contribution in [2.24, 2.45) is 0 Å². The molecule has 0 aliphatic carbocycles. The van der Waals surface area contributed by atoms with Crippen molar-refractivity contribution in [2.75, 3.05) is 13.2 Å². The first-order valence-corrected chi connectivity index (χ1v) is 35.6. The molecule has 0 spiro atoms. The third kappa shape index (κ3) is 52.5. The number of nitrogens with one attached hydrogen (secondary N) is 1. The number of aliphatic hydroxyl groups is 5. The van der Waals surface area contributed by atoms with E-state index < -0.39 is 49.5 Å². The maximum Gasteiger partial charge on any atom is 0.220 e. The van der Waals surface area contributed by atoms with Crippen molar-refractivity contribution in [3.8, 4) is 0 Å². The molecular formula is C76H133NO8. The Bertz CT molecular complexity index is 1710. The molecule has 1 aliphatic heterocycles. The number of amides is 1. The van der Waals surface area contributed by atoms with Crippen LogP contribution in [0.15, 0.2) is 109 Å². The van der Waals surface area contributed by atoms with Crippen molar-refractivity contribution < 1.29 is 39.8 Å². The number of hydrogen-bond donors (Lipinski definition) is 6. The van der Waals surface area contributed by atoms with Crippen molar-refractivity contribution in [2.45, 2.75) is 352 Å². The lowest BCUT2D eigenvalue weighted by atomic mass is 9.99. The van der Waals surface area contributed by atoms with Gasteiger partial charge in [-0.2, -0.15) is 0 Å². The van der Waals surface area contributed by atoms with Gasteiger partial charge in [0.25, 0.3) is 0 Å². The van der Waals surface area contributed by atoms with E-state index in [1.807, 2.05) is 6.08 Å². The number of carbonyl (C=O) groups is 1. The van der Waals surface area contributed by atoms with Crippen molar-refractivity contribution in [1.29, 1.82) is 0 Å². The molecule has 1 rings (SSSR count). The Labute approximate surface area is 523 Å². The van der Waals surface area contributed by atoms with Crippen LogP contribution in [0.3, 0.4) is 0 Å². The van der Waals surface area contributed by atoms with Gasteiger partial charge in [-0.25, -0.2) is 0 Å². The summed E-state index contributed by atoms with van der Waals surface area (Å²) in [7, 11) is 0. The molecule has 490 valence electrons. The van der Waals surface area contributed by atoms with E-state index in [9.17, 15) is 30.3 Å². The van der Waals surface area contributed by atoms with E-state index in [-0.39, 0.29) is 12.5 Å². The Hall–Kier alpha value is -3.15. The molecule has 0 bridgehead atoms. The fraction of sp³-hybridized carbons (Fsp3) is 0.750. The number of rotatable bonds is 61. The highest BCUT2D eigenvalue weighted by atomic mass is 16.7. The first kappa shape index (κ1) is 79.9. The van der Waals surface area contributed by atoms with Crippen LogP contribution in [0, 0.1) is 0 Å². The minimum absolute atomic E-state index is 0.191. The van der Waals surface area contributed by atoms with E-state index in [1.54, 1.807) is 6.08 Å². The molecule has 0 saturated carbocycles. The van der Waals surface area contributed by atoms with Crippen LogP contribution in [-0.4, -0.2) is 87.5 Å². The van der Waals surface area contributed by atoms with Gasteiger partial charge in [0.05, 0.1) is 25.4 Å². The average molecular weight is 1190 g/mol. The normalized spacial score (nSPS) is 18.8. The van der Waals surface area contributed by atoms with Gasteiger partial charge in [-0.1, -0.05) is 316 Å². The van der Waals surface area contributed by atoms with E-state index in [1.165, 1.54) is 205 Å². The Morgan fingerprint density at radius 2 is 0.741 bits per heavy atom. The smallest absolute Gasteiger partial charge is 0.220 e. The first-order chi connectivity index (χ1) is 41.8. The molecule has 0 aromatic carbocycles. The zero-order valence-electron chi connectivity index (χ0n) is 54.8. The van der Waals surface area contributed by atoms with Gasteiger partial charge in [-0.15, -0.1) is 0 Å². The molecule has 1 fully saturated rings. The van der Waals surface area contributed by atoms with Gasteiger partial charge in [0.15, 0.2) is 6.29 Å². The summed E-state index contributed by atoms with van der Waals surface area (Å²) in [5, 5.41) is 54.7. The van der Waals surface area contributed by atoms with Gasteiger partial charge in [0, 0.05) is 6.42 Å². The molecule has 0 radical (unpaired) electrons. The third-order valence-electron chi connectivity index (χ3n) is 16.3. The van der Waals surface area contributed by atoms with E-state index >= 15 is 0 Å². The maximum absolute atomic E-state index is 13.1. The predicted octanol–water partition coefficient (Wildman–Crippen LogP) is 19.6. The number of carbonyl (C=O) groups excluding carboxylic acids is 1. The number of aliphatic hydroxyl groups excluding tert-OH is 5. The predicted molar refractivity (Wildman–Crippen MR) is 364 cm³/mol. The van der Waals surface area contributed by atoms with Gasteiger partial charge >= 0.3 is 0 Å². The number of allylic oxidation sites excluding steroid dienone is 17.